The van der Waals surface area contributed by atoms with Crippen molar-refractivity contribution in [3.63, 3.8) is 0 Å². The summed E-state index contributed by atoms with van der Waals surface area (Å²) in [6.45, 7) is 7.84. The SMILES string of the molecule is CC(Sc1cccc(NC(=O)/C(=C\c2ccc(F)cc2)NC(=O)c2ccccc2)c1)C(=O)Nc1sc2c(c1C#N)CCN(C(=O)OC(C)(C)C)C2. The van der Waals surface area contributed by atoms with E-state index in [1.165, 1.54) is 53.4 Å². The minimum atomic E-state index is -0.631. The third kappa shape index (κ3) is 9.84. The van der Waals surface area contributed by atoms with E-state index in [0.29, 0.717) is 51.8 Å². The Balaban J connectivity index is 1.25. The lowest BCUT2D eigenvalue weighted by molar-refractivity contribution is -0.115. The summed E-state index contributed by atoms with van der Waals surface area (Å²) in [5, 5.41) is 18.1. The standard InChI is InChI=1S/C38H36FN5O5S2/c1-23(33(45)43-36-30(21-40)29-17-18-44(22-32(29)51-36)37(48)49-38(2,3)4)50-28-12-8-11-27(20-28)41-35(47)31(19-24-13-15-26(39)16-14-24)42-34(46)25-9-6-5-7-10-25/h5-16,19-20,23H,17-18,22H2,1-4H3,(H,41,47)(H,42,46)(H,43,45)/b31-19+. The molecule has 4 aromatic rings. The molecule has 1 unspecified atom stereocenters. The molecule has 0 saturated heterocycles. The number of hydrogen-bond donors (Lipinski definition) is 3. The summed E-state index contributed by atoms with van der Waals surface area (Å²) in [5.74, 6) is -1.85. The minimum Gasteiger partial charge on any atom is -0.444 e. The van der Waals surface area contributed by atoms with Gasteiger partial charge in [-0.05, 0) is 93.8 Å². The van der Waals surface area contributed by atoms with Gasteiger partial charge >= 0.3 is 6.09 Å². The van der Waals surface area contributed by atoms with E-state index in [2.05, 4.69) is 22.0 Å². The molecule has 1 aromatic heterocycles. The van der Waals surface area contributed by atoms with Gasteiger partial charge in [-0.3, -0.25) is 14.4 Å². The predicted octanol–water partition coefficient (Wildman–Crippen LogP) is 7.58. The van der Waals surface area contributed by atoms with Crippen LogP contribution >= 0.6 is 23.1 Å². The number of thioether (sulfide) groups is 1. The molecule has 5 rings (SSSR count). The van der Waals surface area contributed by atoms with Crippen molar-refractivity contribution >= 4 is 63.7 Å². The first kappa shape index (κ1) is 36.8. The van der Waals surface area contributed by atoms with Crippen molar-refractivity contribution in [2.45, 2.75) is 56.4 Å². The number of hydrogen-bond acceptors (Lipinski definition) is 8. The number of halogens is 1. The number of anilines is 2. The van der Waals surface area contributed by atoms with Gasteiger partial charge in [0.2, 0.25) is 5.91 Å². The molecule has 4 amide bonds. The van der Waals surface area contributed by atoms with Crippen LogP contribution in [-0.4, -0.2) is 46.1 Å². The Morgan fingerprint density at radius 2 is 1.75 bits per heavy atom. The molecule has 2 heterocycles. The van der Waals surface area contributed by atoms with Gasteiger partial charge in [0.05, 0.1) is 17.4 Å². The summed E-state index contributed by atoms with van der Waals surface area (Å²) in [6, 6.07) is 23.1. The van der Waals surface area contributed by atoms with Crippen LogP contribution in [0.15, 0.2) is 89.5 Å². The maximum atomic E-state index is 13.5. The molecule has 3 aromatic carbocycles. The number of rotatable bonds is 9. The number of nitriles is 1. The highest BCUT2D eigenvalue weighted by Gasteiger charge is 2.30. The lowest BCUT2D eigenvalue weighted by Crippen LogP contribution is -2.39. The normalized spacial score (nSPS) is 13.3. The zero-order valence-corrected chi connectivity index (χ0v) is 30.0. The highest BCUT2D eigenvalue weighted by atomic mass is 32.2. The lowest BCUT2D eigenvalue weighted by atomic mass is 10.0. The topological polar surface area (TPSA) is 141 Å². The van der Waals surface area contributed by atoms with E-state index in [-0.39, 0.29) is 11.6 Å². The van der Waals surface area contributed by atoms with Crippen molar-refractivity contribution in [3.8, 4) is 6.07 Å². The molecular weight excluding hydrogens is 690 g/mol. The van der Waals surface area contributed by atoms with E-state index in [4.69, 9.17) is 4.74 Å². The van der Waals surface area contributed by atoms with Gasteiger partial charge in [0.1, 0.15) is 28.2 Å². The molecule has 262 valence electrons. The van der Waals surface area contributed by atoms with Crippen LogP contribution in [0.2, 0.25) is 0 Å². The molecule has 1 aliphatic rings. The second-order valence-electron chi connectivity index (χ2n) is 12.6. The molecule has 0 bridgehead atoms. The smallest absolute Gasteiger partial charge is 0.410 e. The largest absolute Gasteiger partial charge is 0.444 e. The number of benzene rings is 3. The van der Waals surface area contributed by atoms with Crippen LogP contribution in [0.1, 0.15) is 59.6 Å². The second-order valence-corrected chi connectivity index (χ2v) is 15.2. The molecule has 1 atom stereocenters. The van der Waals surface area contributed by atoms with Crippen LogP contribution in [0.25, 0.3) is 6.08 Å². The number of carbonyl (C=O) groups excluding carboxylic acids is 4. The maximum Gasteiger partial charge on any atom is 0.410 e. The number of thiophene rings is 1. The Hall–Kier alpha value is -5.45. The fourth-order valence-corrected chi connectivity index (χ4v) is 7.22. The number of nitrogens with zero attached hydrogens (tertiary/aromatic N) is 2. The first-order valence-corrected chi connectivity index (χ1v) is 17.7. The average molecular weight is 726 g/mol. The van der Waals surface area contributed by atoms with E-state index in [1.807, 2.05) is 0 Å². The summed E-state index contributed by atoms with van der Waals surface area (Å²) in [6.07, 6.45) is 1.50. The van der Waals surface area contributed by atoms with E-state index in [1.54, 1.807) is 87.2 Å². The molecule has 0 spiro atoms. The van der Waals surface area contributed by atoms with E-state index in [0.717, 1.165) is 10.4 Å². The van der Waals surface area contributed by atoms with Crippen molar-refractivity contribution in [2.24, 2.45) is 0 Å². The number of fused-ring (bicyclic) bond motifs is 1. The maximum absolute atomic E-state index is 13.5. The van der Waals surface area contributed by atoms with Crippen molar-refractivity contribution in [1.82, 2.24) is 10.2 Å². The van der Waals surface area contributed by atoms with Gasteiger partial charge in [0.25, 0.3) is 11.8 Å². The summed E-state index contributed by atoms with van der Waals surface area (Å²) >= 11 is 2.54. The van der Waals surface area contributed by atoms with Gasteiger partial charge in [-0.25, -0.2) is 9.18 Å². The Labute approximate surface area is 303 Å². The van der Waals surface area contributed by atoms with Crippen LogP contribution in [0.4, 0.5) is 19.9 Å². The third-order valence-corrected chi connectivity index (χ3v) is 9.77. The van der Waals surface area contributed by atoms with Crippen LogP contribution in [0.5, 0.6) is 0 Å². The molecule has 51 heavy (non-hydrogen) atoms. The Bertz CT molecular complexity index is 2020. The highest BCUT2D eigenvalue weighted by Crippen LogP contribution is 2.38. The molecule has 0 radical (unpaired) electrons. The predicted molar refractivity (Wildman–Crippen MR) is 197 cm³/mol. The van der Waals surface area contributed by atoms with Crippen LogP contribution in [0, 0.1) is 17.1 Å². The Morgan fingerprint density at radius 3 is 2.43 bits per heavy atom. The number of amides is 4. The third-order valence-electron chi connectivity index (χ3n) is 7.54. The fourth-order valence-electron chi connectivity index (χ4n) is 5.08. The van der Waals surface area contributed by atoms with Crippen LogP contribution in [0.3, 0.4) is 0 Å². The average Bonchev–Trinajstić information content (AvgIpc) is 3.44. The van der Waals surface area contributed by atoms with Crippen molar-refractivity contribution in [3.05, 3.63) is 118 Å². The summed E-state index contributed by atoms with van der Waals surface area (Å²) in [5.41, 5.74) is 1.82. The molecule has 3 N–H and O–H groups in total. The second kappa shape index (κ2) is 16.1. The zero-order valence-electron chi connectivity index (χ0n) is 28.4. The van der Waals surface area contributed by atoms with Gasteiger partial charge in [0.15, 0.2) is 0 Å². The summed E-state index contributed by atoms with van der Waals surface area (Å²) in [4.78, 5) is 55.5. The lowest BCUT2D eigenvalue weighted by Gasteiger charge is -2.29. The Morgan fingerprint density at radius 1 is 1.02 bits per heavy atom. The summed E-state index contributed by atoms with van der Waals surface area (Å²) < 4.78 is 19.0. The number of nitrogens with one attached hydrogen (secondary N) is 3. The van der Waals surface area contributed by atoms with Gasteiger partial charge in [-0.1, -0.05) is 36.4 Å². The minimum absolute atomic E-state index is 0.0533. The van der Waals surface area contributed by atoms with Crippen molar-refractivity contribution < 1.29 is 28.3 Å². The molecule has 0 fully saturated rings. The fraction of sp³-hybridized carbons (Fsp3) is 0.237. The molecule has 0 aliphatic carbocycles. The highest BCUT2D eigenvalue weighted by molar-refractivity contribution is 8.00. The first-order chi connectivity index (χ1) is 24.3. The first-order valence-electron chi connectivity index (χ1n) is 16.0. The van der Waals surface area contributed by atoms with Crippen molar-refractivity contribution in [1.29, 1.82) is 5.26 Å². The van der Waals surface area contributed by atoms with E-state index in [9.17, 15) is 28.8 Å². The Kier molecular flexibility index (Phi) is 11.6. The van der Waals surface area contributed by atoms with Gasteiger partial charge in [-0.2, -0.15) is 5.26 Å². The molecule has 13 heteroatoms. The quantitative estimate of drug-likeness (QED) is 0.119. The molecule has 1 aliphatic heterocycles. The van der Waals surface area contributed by atoms with E-state index >= 15 is 0 Å². The van der Waals surface area contributed by atoms with Crippen molar-refractivity contribution in [2.75, 3.05) is 17.2 Å². The number of carbonyl (C=O) groups is 4. The van der Waals surface area contributed by atoms with Crippen LogP contribution in [-0.2, 0) is 27.3 Å². The molecule has 0 saturated carbocycles. The van der Waals surface area contributed by atoms with Gasteiger partial charge in [0, 0.05) is 27.6 Å². The summed E-state index contributed by atoms with van der Waals surface area (Å²) in [7, 11) is 0. The molecule has 10 nitrogen and oxygen atoms in total. The van der Waals surface area contributed by atoms with Crippen LogP contribution < -0.4 is 16.0 Å². The zero-order chi connectivity index (χ0) is 36.7. The number of ether oxygens (including phenoxy) is 1. The monoisotopic (exact) mass is 725 g/mol. The van der Waals surface area contributed by atoms with Gasteiger partial charge < -0.3 is 25.6 Å². The molecular formula is C38H36FN5O5S2. The van der Waals surface area contributed by atoms with E-state index < -0.39 is 34.6 Å². The van der Waals surface area contributed by atoms with Gasteiger partial charge in [-0.15, -0.1) is 23.1 Å².